The molecule has 2 heterocycles. The van der Waals surface area contributed by atoms with Crippen molar-refractivity contribution in [2.45, 2.75) is 32.2 Å². The molecule has 2 N–H and O–H groups in total. The van der Waals surface area contributed by atoms with Gasteiger partial charge in [0, 0.05) is 12.6 Å². The van der Waals surface area contributed by atoms with Crippen LogP contribution < -0.4 is 5.73 Å². The maximum atomic E-state index is 12.4. The molecule has 0 radical (unpaired) electrons. The Kier molecular flexibility index (Phi) is 2.31. The number of amides is 1. The molecule has 0 spiro atoms. The highest BCUT2D eigenvalue weighted by molar-refractivity contribution is 5.96. The third kappa shape index (κ3) is 1.68. The molecule has 1 aromatic heterocycles. The van der Waals surface area contributed by atoms with E-state index in [1.165, 1.54) is 12.8 Å². The lowest BCUT2D eigenvalue weighted by molar-refractivity contribution is 0.0702. The zero-order chi connectivity index (χ0) is 12.0. The van der Waals surface area contributed by atoms with Gasteiger partial charge in [0.05, 0.1) is 23.1 Å². The average Bonchev–Trinajstić information content (AvgIpc) is 2.93. The summed E-state index contributed by atoms with van der Waals surface area (Å²) in [6.45, 7) is 2.78. The van der Waals surface area contributed by atoms with Gasteiger partial charge in [0.25, 0.3) is 5.91 Å². The molecule has 4 heteroatoms. The first-order valence-electron chi connectivity index (χ1n) is 6.18. The highest BCUT2D eigenvalue weighted by atomic mass is 16.2. The predicted octanol–water partition coefficient (Wildman–Crippen LogP) is 1.60. The molecule has 1 amide bonds. The number of hydrogen-bond donors (Lipinski definition) is 1. The fourth-order valence-electron chi connectivity index (χ4n) is 3.09. The van der Waals surface area contributed by atoms with Gasteiger partial charge in [-0.05, 0) is 38.2 Å². The molecule has 0 aromatic carbocycles. The standard InChI is InChI=1S/C13H17N3O/c1-8-12(5-10(14)6-15-8)13(17)16-7-9-2-3-11(16)4-9/h5-6,9,11H,2-4,7,14H2,1H3. The van der Waals surface area contributed by atoms with E-state index in [-0.39, 0.29) is 5.91 Å². The van der Waals surface area contributed by atoms with Gasteiger partial charge in [0.1, 0.15) is 0 Å². The number of nitrogen functional groups attached to an aromatic ring is 1. The van der Waals surface area contributed by atoms with Gasteiger partial charge in [-0.3, -0.25) is 9.78 Å². The molecule has 1 aromatic rings. The highest BCUT2D eigenvalue weighted by Gasteiger charge is 2.40. The first-order valence-corrected chi connectivity index (χ1v) is 6.18. The Morgan fingerprint density at radius 2 is 2.35 bits per heavy atom. The molecule has 1 saturated carbocycles. The Balaban J connectivity index is 1.89. The van der Waals surface area contributed by atoms with E-state index in [1.807, 2.05) is 11.8 Å². The van der Waals surface area contributed by atoms with Crippen LogP contribution in [-0.4, -0.2) is 28.4 Å². The summed E-state index contributed by atoms with van der Waals surface area (Å²) in [6, 6.07) is 2.20. The van der Waals surface area contributed by atoms with Gasteiger partial charge < -0.3 is 10.6 Å². The third-order valence-electron chi connectivity index (χ3n) is 4.01. The van der Waals surface area contributed by atoms with Crippen LogP contribution in [0.5, 0.6) is 0 Å². The molecule has 2 bridgehead atoms. The summed E-state index contributed by atoms with van der Waals surface area (Å²) in [5, 5.41) is 0. The van der Waals surface area contributed by atoms with E-state index in [1.54, 1.807) is 12.3 Å². The number of carbonyl (C=O) groups is 1. The molecule has 2 aliphatic rings. The molecule has 17 heavy (non-hydrogen) atoms. The Labute approximate surface area is 101 Å². The molecule has 4 nitrogen and oxygen atoms in total. The molecule has 2 unspecified atom stereocenters. The van der Waals surface area contributed by atoms with E-state index in [4.69, 9.17) is 5.73 Å². The van der Waals surface area contributed by atoms with E-state index in [9.17, 15) is 4.79 Å². The number of nitrogens with zero attached hydrogens (tertiary/aromatic N) is 2. The van der Waals surface area contributed by atoms with E-state index in [0.717, 1.165) is 24.6 Å². The van der Waals surface area contributed by atoms with Crippen LogP contribution in [0.1, 0.15) is 35.3 Å². The number of carbonyl (C=O) groups excluding carboxylic acids is 1. The van der Waals surface area contributed by atoms with E-state index in [0.29, 0.717) is 17.3 Å². The van der Waals surface area contributed by atoms with Gasteiger partial charge >= 0.3 is 0 Å². The number of aromatic nitrogens is 1. The van der Waals surface area contributed by atoms with Crippen molar-refractivity contribution in [1.82, 2.24) is 9.88 Å². The number of hydrogen-bond acceptors (Lipinski definition) is 3. The number of fused-ring (bicyclic) bond motifs is 2. The SMILES string of the molecule is Cc1ncc(N)cc1C(=O)N1CC2CCC1C2. The van der Waals surface area contributed by atoms with Gasteiger partial charge in [-0.25, -0.2) is 0 Å². The Bertz CT molecular complexity index is 472. The fraction of sp³-hybridized carbons (Fsp3) is 0.538. The molecular formula is C13H17N3O. The summed E-state index contributed by atoms with van der Waals surface area (Å²) >= 11 is 0. The van der Waals surface area contributed by atoms with Gasteiger partial charge in [0.15, 0.2) is 0 Å². The number of nitrogens with two attached hydrogens (primary N) is 1. The highest BCUT2D eigenvalue weighted by Crippen LogP contribution is 2.38. The van der Waals surface area contributed by atoms with Gasteiger partial charge in [0.2, 0.25) is 0 Å². The van der Waals surface area contributed by atoms with Gasteiger partial charge in [-0.2, -0.15) is 0 Å². The zero-order valence-corrected chi connectivity index (χ0v) is 10.0. The summed E-state index contributed by atoms with van der Waals surface area (Å²) in [5.41, 5.74) is 7.70. The van der Waals surface area contributed by atoms with Crippen molar-refractivity contribution < 1.29 is 4.79 Å². The van der Waals surface area contributed by atoms with Crippen LogP contribution in [0, 0.1) is 12.8 Å². The molecule has 3 rings (SSSR count). The van der Waals surface area contributed by atoms with Crippen molar-refractivity contribution in [2.24, 2.45) is 5.92 Å². The van der Waals surface area contributed by atoms with Crippen LogP contribution in [0.4, 0.5) is 5.69 Å². The normalized spacial score (nSPS) is 26.5. The average molecular weight is 231 g/mol. The van der Waals surface area contributed by atoms with Crippen molar-refractivity contribution in [3.05, 3.63) is 23.5 Å². The number of rotatable bonds is 1. The minimum atomic E-state index is 0.106. The predicted molar refractivity (Wildman–Crippen MR) is 65.6 cm³/mol. The number of pyridine rings is 1. The fourth-order valence-corrected chi connectivity index (χ4v) is 3.09. The Morgan fingerprint density at radius 1 is 1.53 bits per heavy atom. The lowest BCUT2D eigenvalue weighted by atomic mass is 10.1. The number of aryl methyl sites for hydroxylation is 1. The molecular weight excluding hydrogens is 214 g/mol. The Hall–Kier alpha value is -1.58. The Morgan fingerprint density at radius 3 is 3.00 bits per heavy atom. The van der Waals surface area contributed by atoms with Crippen molar-refractivity contribution in [3.8, 4) is 0 Å². The van der Waals surface area contributed by atoms with E-state index >= 15 is 0 Å². The summed E-state index contributed by atoms with van der Waals surface area (Å²) in [4.78, 5) is 18.6. The second-order valence-corrected chi connectivity index (χ2v) is 5.19. The number of likely N-dealkylation sites (tertiary alicyclic amines) is 1. The molecule has 1 saturated heterocycles. The maximum absolute atomic E-state index is 12.4. The number of piperidine rings is 1. The summed E-state index contributed by atoms with van der Waals surface area (Å²) in [7, 11) is 0. The van der Waals surface area contributed by atoms with Crippen LogP contribution in [0.2, 0.25) is 0 Å². The van der Waals surface area contributed by atoms with Crippen molar-refractivity contribution in [3.63, 3.8) is 0 Å². The van der Waals surface area contributed by atoms with Crippen molar-refractivity contribution in [2.75, 3.05) is 12.3 Å². The lowest BCUT2D eigenvalue weighted by Gasteiger charge is -2.27. The van der Waals surface area contributed by atoms with Crippen LogP contribution in [0.15, 0.2) is 12.3 Å². The second kappa shape index (κ2) is 3.72. The monoisotopic (exact) mass is 231 g/mol. The van der Waals surface area contributed by atoms with Crippen LogP contribution in [0.3, 0.4) is 0 Å². The van der Waals surface area contributed by atoms with E-state index in [2.05, 4.69) is 4.98 Å². The van der Waals surface area contributed by atoms with Gasteiger partial charge in [-0.15, -0.1) is 0 Å². The van der Waals surface area contributed by atoms with Crippen LogP contribution >= 0.6 is 0 Å². The molecule has 1 aliphatic carbocycles. The summed E-state index contributed by atoms with van der Waals surface area (Å²) < 4.78 is 0. The van der Waals surface area contributed by atoms with Crippen LogP contribution in [0.25, 0.3) is 0 Å². The van der Waals surface area contributed by atoms with Crippen molar-refractivity contribution in [1.29, 1.82) is 0 Å². The minimum Gasteiger partial charge on any atom is -0.397 e. The third-order valence-corrected chi connectivity index (χ3v) is 4.01. The molecule has 2 atom stereocenters. The maximum Gasteiger partial charge on any atom is 0.256 e. The first-order chi connectivity index (χ1) is 8.15. The molecule has 90 valence electrons. The first kappa shape index (κ1) is 10.6. The van der Waals surface area contributed by atoms with Gasteiger partial charge in [-0.1, -0.05) is 0 Å². The summed E-state index contributed by atoms with van der Waals surface area (Å²) in [6.07, 6.45) is 5.22. The number of anilines is 1. The molecule has 1 aliphatic heterocycles. The largest absolute Gasteiger partial charge is 0.397 e. The van der Waals surface area contributed by atoms with Crippen molar-refractivity contribution >= 4 is 11.6 Å². The smallest absolute Gasteiger partial charge is 0.256 e. The van der Waals surface area contributed by atoms with E-state index < -0.39 is 0 Å². The zero-order valence-electron chi connectivity index (χ0n) is 10.0. The minimum absolute atomic E-state index is 0.106. The molecule has 2 fully saturated rings. The quantitative estimate of drug-likeness (QED) is 0.798. The second-order valence-electron chi connectivity index (χ2n) is 5.19. The van der Waals surface area contributed by atoms with Crippen LogP contribution in [-0.2, 0) is 0 Å². The lowest BCUT2D eigenvalue weighted by Crippen LogP contribution is -2.38. The summed E-state index contributed by atoms with van der Waals surface area (Å²) in [5.74, 6) is 0.827. The topological polar surface area (TPSA) is 59.2 Å².